The van der Waals surface area contributed by atoms with Gasteiger partial charge in [-0.05, 0) is 36.5 Å². The van der Waals surface area contributed by atoms with Crippen molar-refractivity contribution in [1.82, 2.24) is 0 Å². The first kappa shape index (κ1) is 8.51. The van der Waals surface area contributed by atoms with Gasteiger partial charge in [0.1, 0.15) is 5.82 Å². The zero-order valence-electron chi connectivity index (χ0n) is 7.39. The van der Waals surface area contributed by atoms with E-state index < -0.39 is 0 Å². The van der Waals surface area contributed by atoms with Crippen LogP contribution in [-0.2, 0) is 6.42 Å². The maximum atomic E-state index is 13.5. The molecule has 0 saturated carbocycles. The van der Waals surface area contributed by atoms with Gasteiger partial charge < -0.3 is 11.5 Å². The molecule has 0 heterocycles. The molecule has 1 atom stereocenters. The first-order valence-electron chi connectivity index (χ1n) is 4.52. The lowest BCUT2D eigenvalue weighted by molar-refractivity contribution is 0.534. The van der Waals surface area contributed by atoms with Crippen LogP contribution in [0.15, 0.2) is 12.1 Å². The van der Waals surface area contributed by atoms with Gasteiger partial charge in [0.25, 0.3) is 0 Å². The Morgan fingerprint density at radius 2 is 2.15 bits per heavy atom. The summed E-state index contributed by atoms with van der Waals surface area (Å²) in [6.07, 6.45) is 2.66. The van der Waals surface area contributed by atoms with Crippen molar-refractivity contribution in [3.8, 4) is 0 Å². The molecular weight excluding hydrogens is 167 g/mol. The molecule has 1 unspecified atom stereocenters. The van der Waals surface area contributed by atoms with Gasteiger partial charge >= 0.3 is 0 Å². The Balaban J connectivity index is 2.56. The second kappa shape index (κ2) is 3.00. The van der Waals surface area contributed by atoms with Gasteiger partial charge in [0, 0.05) is 6.04 Å². The van der Waals surface area contributed by atoms with E-state index in [0.29, 0.717) is 0 Å². The Morgan fingerprint density at radius 1 is 1.38 bits per heavy atom. The highest BCUT2D eigenvalue weighted by molar-refractivity contribution is 5.48. The maximum absolute atomic E-state index is 13.5. The quantitative estimate of drug-likeness (QED) is 0.597. The van der Waals surface area contributed by atoms with Crippen LogP contribution >= 0.6 is 0 Å². The molecule has 3 heteroatoms. The topological polar surface area (TPSA) is 52.0 Å². The molecule has 0 fully saturated rings. The van der Waals surface area contributed by atoms with E-state index in [0.717, 1.165) is 30.4 Å². The Hall–Kier alpha value is -1.09. The molecule has 13 heavy (non-hydrogen) atoms. The number of nitrogen functional groups attached to an aromatic ring is 1. The highest BCUT2D eigenvalue weighted by Crippen LogP contribution is 2.31. The monoisotopic (exact) mass is 180 g/mol. The van der Waals surface area contributed by atoms with Crippen molar-refractivity contribution in [2.45, 2.75) is 25.3 Å². The zero-order chi connectivity index (χ0) is 9.42. The third kappa shape index (κ3) is 1.29. The number of anilines is 1. The van der Waals surface area contributed by atoms with E-state index in [-0.39, 0.29) is 17.5 Å². The molecule has 1 aliphatic carbocycles. The van der Waals surface area contributed by atoms with Crippen molar-refractivity contribution in [2.24, 2.45) is 5.73 Å². The molecule has 2 rings (SSSR count). The number of hydrogen-bond acceptors (Lipinski definition) is 2. The fraction of sp³-hybridized carbons (Fsp3) is 0.400. The van der Waals surface area contributed by atoms with Crippen LogP contribution in [0.1, 0.15) is 30.0 Å². The molecule has 0 amide bonds. The first-order valence-corrected chi connectivity index (χ1v) is 4.52. The Bertz CT molecular complexity index is 336. The first-order chi connectivity index (χ1) is 6.20. The summed E-state index contributed by atoms with van der Waals surface area (Å²) in [7, 11) is 0. The molecule has 4 N–H and O–H groups in total. The number of hydrogen-bond donors (Lipinski definition) is 2. The average Bonchev–Trinajstić information content (AvgIpc) is 2.12. The highest BCUT2D eigenvalue weighted by atomic mass is 19.1. The van der Waals surface area contributed by atoms with Crippen LogP contribution in [0.4, 0.5) is 10.1 Å². The normalized spacial score (nSPS) is 21.2. The van der Waals surface area contributed by atoms with Crippen molar-refractivity contribution >= 4 is 5.69 Å². The molecule has 0 bridgehead atoms. The minimum Gasteiger partial charge on any atom is -0.396 e. The predicted octanol–water partition coefficient (Wildman–Crippen LogP) is 1.74. The molecular formula is C10H13FN2. The van der Waals surface area contributed by atoms with E-state index in [1.165, 1.54) is 0 Å². The van der Waals surface area contributed by atoms with Crippen molar-refractivity contribution in [2.75, 3.05) is 5.73 Å². The van der Waals surface area contributed by atoms with E-state index in [2.05, 4.69) is 0 Å². The smallest absolute Gasteiger partial charge is 0.149 e. The Morgan fingerprint density at radius 3 is 2.92 bits per heavy atom. The van der Waals surface area contributed by atoms with E-state index in [9.17, 15) is 4.39 Å². The lowest BCUT2D eigenvalue weighted by atomic mass is 9.87. The number of fused-ring (bicyclic) bond motifs is 1. The molecule has 1 aliphatic rings. The van der Waals surface area contributed by atoms with E-state index in [1.54, 1.807) is 6.07 Å². The SMILES string of the molecule is Nc1ccc2c(c1F)CCCC2N. The van der Waals surface area contributed by atoms with Crippen molar-refractivity contribution in [1.29, 1.82) is 0 Å². The van der Waals surface area contributed by atoms with Gasteiger partial charge in [0.05, 0.1) is 5.69 Å². The largest absolute Gasteiger partial charge is 0.396 e. The molecule has 0 spiro atoms. The van der Waals surface area contributed by atoms with Gasteiger partial charge in [-0.2, -0.15) is 0 Å². The second-order valence-corrected chi connectivity index (χ2v) is 3.54. The van der Waals surface area contributed by atoms with Crippen LogP contribution in [0.5, 0.6) is 0 Å². The van der Waals surface area contributed by atoms with Crippen LogP contribution in [-0.4, -0.2) is 0 Å². The maximum Gasteiger partial charge on any atom is 0.149 e. The summed E-state index contributed by atoms with van der Waals surface area (Å²) in [6, 6.07) is 3.43. The van der Waals surface area contributed by atoms with Crippen LogP contribution < -0.4 is 11.5 Å². The summed E-state index contributed by atoms with van der Waals surface area (Å²) in [4.78, 5) is 0. The van der Waals surface area contributed by atoms with Crippen molar-refractivity contribution < 1.29 is 4.39 Å². The molecule has 1 aromatic carbocycles. The Labute approximate surface area is 76.7 Å². The lowest BCUT2D eigenvalue weighted by Crippen LogP contribution is -2.18. The summed E-state index contributed by atoms with van der Waals surface area (Å²) >= 11 is 0. The van der Waals surface area contributed by atoms with E-state index >= 15 is 0 Å². The summed E-state index contributed by atoms with van der Waals surface area (Å²) in [5.41, 5.74) is 13.2. The summed E-state index contributed by atoms with van der Waals surface area (Å²) in [5.74, 6) is -0.271. The standard InChI is InChI=1S/C10H13FN2/c11-10-7-2-1-3-8(12)6(7)4-5-9(10)13/h4-5,8H,1-3,12-13H2. The fourth-order valence-electron chi connectivity index (χ4n) is 1.91. The van der Waals surface area contributed by atoms with Crippen molar-refractivity contribution in [3.05, 3.63) is 29.1 Å². The minimum absolute atomic E-state index is 0.0150. The third-order valence-electron chi connectivity index (χ3n) is 2.65. The van der Waals surface area contributed by atoms with Crippen LogP contribution in [0, 0.1) is 5.82 Å². The molecule has 0 radical (unpaired) electrons. The van der Waals surface area contributed by atoms with Gasteiger partial charge in [0.2, 0.25) is 0 Å². The van der Waals surface area contributed by atoms with E-state index in [1.807, 2.05) is 6.07 Å². The van der Waals surface area contributed by atoms with Crippen LogP contribution in [0.3, 0.4) is 0 Å². The molecule has 70 valence electrons. The van der Waals surface area contributed by atoms with Gasteiger partial charge in [-0.15, -0.1) is 0 Å². The summed E-state index contributed by atoms with van der Waals surface area (Å²) < 4.78 is 13.5. The predicted molar refractivity (Wildman–Crippen MR) is 50.7 cm³/mol. The van der Waals surface area contributed by atoms with Gasteiger partial charge in [0.15, 0.2) is 0 Å². The third-order valence-corrected chi connectivity index (χ3v) is 2.65. The summed E-state index contributed by atoms with van der Waals surface area (Å²) in [6.45, 7) is 0. The lowest BCUT2D eigenvalue weighted by Gasteiger charge is -2.22. The molecule has 1 aromatic rings. The zero-order valence-corrected chi connectivity index (χ0v) is 7.39. The minimum atomic E-state index is -0.271. The number of rotatable bonds is 0. The highest BCUT2D eigenvalue weighted by Gasteiger charge is 2.20. The van der Waals surface area contributed by atoms with Crippen LogP contribution in [0.2, 0.25) is 0 Å². The number of benzene rings is 1. The fourth-order valence-corrected chi connectivity index (χ4v) is 1.91. The Kier molecular flexibility index (Phi) is 1.96. The van der Waals surface area contributed by atoms with Gasteiger partial charge in [-0.1, -0.05) is 6.07 Å². The summed E-state index contributed by atoms with van der Waals surface area (Å²) in [5, 5.41) is 0. The molecule has 0 aliphatic heterocycles. The van der Waals surface area contributed by atoms with Gasteiger partial charge in [-0.3, -0.25) is 0 Å². The van der Waals surface area contributed by atoms with Gasteiger partial charge in [-0.25, -0.2) is 4.39 Å². The number of halogens is 1. The average molecular weight is 180 g/mol. The number of nitrogens with two attached hydrogens (primary N) is 2. The molecule has 2 nitrogen and oxygen atoms in total. The molecule has 0 aromatic heterocycles. The molecule has 0 saturated heterocycles. The van der Waals surface area contributed by atoms with E-state index in [4.69, 9.17) is 11.5 Å². The second-order valence-electron chi connectivity index (χ2n) is 3.54. The van der Waals surface area contributed by atoms with Crippen molar-refractivity contribution in [3.63, 3.8) is 0 Å². The van der Waals surface area contributed by atoms with Crippen LogP contribution in [0.25, 0.3) is 0 Å².